The van der Waals surface area contributed by atoms with E-state index in [2.05, 4.69) is 152 Å². The lowest BCUT2D eigenvalue weighted by Gasteiger charge is -2.11. The molecule has 0 fully saturated rings. The van der Waals surface area contributed by atoms with E-state index >= 15 is 0 Å². The average molecular weight is 588 g/mol. The lowest BCUT2D eigenvalue weighted by molar-refractivity contribution is 1.18. The van der Waals surface area contributed by atoms with E-state index in [0.29, 0.717) is 5.82 Å². The highest BCUT2D eigenvalue weighted by atomic mass is 14.9. The molecule has 0 unspecified atom stereocenters. The average Bonchev–Trinajstić information content (AvgIpc) is 3.15. The first-order valence-electron chi connectivity index (χ1n) is 15.4. The first kappa shape index (κ1) is 27.4. The topological polar surface area (TPSA) is 38.7 Å². The fourth-order valence-electron chi connectivity index (χ4n) is 5.86. The van der Waals surface area contributed by atoms with E-state index in [0.717, 1.165) is 50.1 Å². The summed E-state index contributed by atoms with van der Waals surface area (Å²) in [4.78, 5) is 15.0. The lowest BCUT2D eigenvalue weighted by Crippen LogP contribution is -1.96. The number of hydrogen-bond acceptors (Lipinski definition) is 3. The summed E-state index contributed by atoms with van der Waals surface area (Å²) in [6.07, 6.45) is 1.94. The smallest absolute Gasteiger partial charge is 0.160 e. The maximum Gasteiger partial charge on any atom is 0.160 e. The maximum atomic E-state index is 5.12. The van der Waals surface area contributed by atoms with Crippen LogP contribution in [0.25, 0.3) is 78.2 Å². The Morgan fingerprint density at radius 3 is 1.33 bits per heavy atom. The fourth-order valence-corrected chi connectivity index (χ4v) is 5.86. The van der Waals surface area contributed by atoms with E-state index in [1.165, 1.54) is 22.3 Å². The highest BCUT2D eigenvalue weighted by Crippen LogP contribution is 2.32. The summed E-state index contributed by atoms with van der Waals surface area (Å²) in [6.45, 7) is 0. The molecule has 3 nitrogen and oxygen atoms in total. The van der Waals surface area contributed by atoms with Gasteiger partial charge < -0.3 is 0 Å². The first-order valence-corrected chi connectivity index (χ1v) is 15.4. The third kappa shape index (κ3) is 5.58. The largest absolute Gasteiger partial charge is 0.256 e. The molecule has 0 radical (unpaired) electrons. The molecule has 216 valence electrons. The van der Waals surface area contributed by atoms with Crippen molar-refractivity contribution in [1.82, 2.24) is 15.0 Å². The molecule has 0 amide bonds. The SMILES string of the molecule is c1ccc(-c2ccc(-c3cc(-c4ccc(-c5ccccc5)cc4)nc(-c4cccc(-c5cc6ccccc6cn5)c4)n3)cc2)cc1. The number of hydrogen-bond donors (Lipinski definition) is 0. The van der Waals surface area contributed by atoms with Gasteiger partial charge in [0.1, 0.15) is 0 Å². The van der Waals surface area contributed by atoms with Gasteiger partial charge in [0.05, 0.1) is 17.1 Å². The first-order chi connectivity index (χ1) is 22.8. The van der Waals surface area contributed by atoms with Crippen molar-refractivity contribution in [1.29, 1.82) is 0 Å². The summed E-state index contributed by atoms with van der Waals surface area (Å²) in [7, 11) is 0. The van der Waals surface area contributed by atoms with Gasteiger partial charge in [0.2, 0.25) is 0 Å². The Balaban J connectivity index is 1.22. The van der Waals surface area contributed by atoms with Crippen molar-refractivity contribution in [2.45, 2.75) is 0 Å². The van der Waals surface area contributed by atoms with Crippen molar-refractivity contribution in [2.24, 2.45) is 0 Å². The summed E-state index contributed by atoms with van der Waals surface area (Å²) in [5, 5.41) is 2.29. The van der Waals surface area contributed by atoms with Crippen LogP contribution in [0.1, 0.15) is 0 Å². The standard InChI is InChI=1S/C43H29N3/c1-3-10-30(11-4-1)32-18-22-34(23-19-32)41-28-42(35-24-20-33(21-25-35)31-12-5-2-6-13-31)46-43(45-41)38-17-9-16-37(26-38)40-27-36-14-7-8-15-39(36)29-44-40/h1-29H. The molecule has 8 rings (SSSR count). The summed E-state index contributed by atoms with van der Waals surface area (Å²) >= 11 is 0. The van der Waals surface area contributed by atoms with Crippen LogP contribution in [-0.2, 0) is 0 Å². The van der Waals surface area contributed by atoms with Crippen molar-refractivity contribution in [3.63, 3.8) is 0 Å². The second-order valence-corrected chi connectivity index (χ2v) is 11.3. The van der Waals surface area contributed by atoms with Gasteiger partial charge in [-0.3, -0.25) is 4.98 Å². The van der Waals surface area contributed by atoms with Crippen LogP contribution >= 0.6 is 0 Å². The van der Waals surface area contributed by atoms with Crippen molar-refractivity contribution in [3.05, 3.63) is 176 Å². The van der Waals surface area contributed by atoms with Gasteiger partial charge in [0.25, 0.3) is 0 Å². The number of aromatic nitrogens is 3. The molecule has 0 aliphatic carbocycles. The normalized spacial score (nSPS) is 11.0. The zero-order valence-corrected chi connectivity index (χ0v) is 25.1. The maximum absolute atomic E-state index is 5.12. The van der Waals surface area contributed by atoms with Gasteiger partial charge in [-0.1, -0.05) is 152 Å². The summed E-state index contributed by atoms with van der Waals surface area (Å²) < 4.78 is 0. The Labute approximate surface area is 268 Å². The molecule has 0 aliphatic heterocycles. The number of nitrogens with zero attached hydrogens (tertiary/aromatic N) is 3. The molecule has 2 heterocycles. The Kier molecular flexibility index (Phi) is 7.18. The van der Waals surface area contributed by atoms with Crippen LogP contribution in [-0.4, -0.2) is 15.0 Å². The fraction of sp³-hybridized carbons (Fsp3) is 0. The quantitative estimate of drug-likeness (QED) is 0.194. The minimum Gasteiger partial charge on any atom is -0.256 e. The minimum absolute atomic E-state index is 0.675. The van der Waals surface area contributed by atoms with E-state index in [4.69, 9.17) is 15.0 Å². The number of benzene rings is 6. The molecule has 0 atom stereocenters. The van der Waals surface area contributed by atoms with Crippen molar-refractivity contribution < 1.29 is 0 Å². The van der Waals surface area contributed by atoms with E-state index in [1.54, 1.807) is 0 Å². The Hall–Kier alpha value is -6.19. The summed E-state index contributed by atoms with van der Waals surface area (Å²) in [6, 6.07) is 59.0. The van der Waals surface area contributed by atoms with Crippen LogP contribution in [0, 0.1) is 0 Å². The van der Waals surface area contributed by atoms with Crippen LogP contribution < -0.4 is 0 Å². The molecular formula is C43H29N3. The second-order valence-electron chi connectivity index (χ2n) is 11.3. The van der Waals surface area contributed by atoms with Gasteiger partial charge in [-0.25, -0.2) is 9.97 Å². The highest BCUT2D eigenvalue weighted by molar-refractivity contribution is 5.86. The Morgan fingerprint density at radius 1 is 0.283 bits per heavy atom. The van der Waals surface area contributed by atoms with E-state index in [-0.39, 0.29) is 0 Å². The van der Waals surface area contributed by atoms with Gasteiger partial charge in [-0.05, 0) is 45.8 Å². The summed E-state index contributed by atoms with van der Waals surface area (Å²) in [5.41, 5.74) is 11.4. The van der Waals surface area contributed by atoms with Gasteiger partial charge in [-0.15, -0.1) is 0 Å². The van der Waals surface area contributed by atoms with Gasteiger partial charge in [0, 0.05) is 33.8 Å². The van der Waals surface area contributed by atoms with E-state index in [1.807, 2.05) is 24.4 Å². The van der Waals surface area contributed by atoms with E-state index < -0.39 is 0 Å². The predicted molar refractivity (Wildman–Crippen MR) is 190 cm³/mol. The molecule has 0 saturated carbocycles. The number of pyridine rings is 1. The van der Waals surface area contributed by atoms with Crippen LogP contribution in [0.15, 0.2) is 176 Å². The molecule has 0 saturated heterocycles. The van der Waals surface area contributed by atoms with E-state index in [9.17, 15) is 0 Å². The Bertz CT molecular complexity index is 2170. The number of fused-ring (bicyclic) bond motifs is 1. The molecule has 6 aromatic carbocycles. The van der Waals surface area contributed by atoms with Crippen molar-refractivity contribution in [3.8, 4) is 67.4 Å². The van der Waals surface area contributed by atoms with Crippen molar-refractivity contribution >= 4 is 10.8 Å². The van der Waals surface area contributed by atoms with Gasteiger partial charge in [0.15, 0.2) is 5.82 Å². The molecule has 2 aromatic heterocycles. The predicted octanol–water partition coefficient (Wildman–Crippen LogP) is 11.0. The third-order valence-electron chi connectivity index (χ3n) is 8.35. The third-order valence-corrected chi connectivity index (χ3v) is 8.35. The molecule has 3 heteroatoms. The summed E-state index contributed by atoms with van der Waals surface area (Å²) in [5.74, 6) is 0.675. The van der Waals surface area contributed by atoms with Gasteiger partial charge >= 0.3 is 0 Å². The van der Waals surface area contributed by atoms with Crippen molar-refractivity contribution in [2.75, 3.05) is 0 Å². The van der Waals surface area contributed by atoms with Crippen LogP contribution in [0.3, 0.4) is 0 Å². The molecular weight excluding hydrogens is 558 g/mol. The monoisotopic (exact) mass is 587 g/mol. The zero-order valence-electron chi connectivity index (χ0n) is 25.1. The zero-order chi connectivity index (χ0) is 30.7. The van der Waals surface area contributed by atoms with Crippen LogP contribution in [0.5, 0.6) is 0 Å². The molecule has 8 aromatic rings. The Morgan fingerprint density at radius 2 is 0.739 bits per heavy atom. The van der Waals surface area contributed by atoms with Crippen LogP contribution in [0.4, 0.5) is 0 Å². The second kappa shape index (κ2) is 12.1. The van der Waals surface area contributed by atoms with Gasteiger partial charge in [-0.2, -0.15) is 0 Å². The molecule has 0 aliphatic rings. The number of rotatable bonds is 6. The molecule has 46 heavy (non-hydrogen) atoms. The van der Waals surface area contributed by atoms with Crippen LogP contribution in [0.2, 0.25) is 0 Å². The molecule has 0 N–H and O–H groups in total. The lowest BCUT2D eigenvalue weighted by atomic mass is 10.00. The minimum atomic E-state index is 0.675. The molecule has 0 spiro atoms. The molecule has 0 bridgehead atoms. The highest BCUT2D eigenvalue weighted by Gasteiger charge is 2.13.